The summed E-state index contributed by atoms with van der Waals surface area (Å²) in [7, 11) is 0. The van der Waals surface area contributed by atoms with Gasteiger partial charge in [-0.05, 0) is 29.2 Å². The highest BCUT2D eigenvalue weighted by Gasteiger charge is 1.98. The van der Waals surface area contributed by atoms with E-state index in [-0.39, 0.29) is 12.5 Å². The monoisotopic (exact) mass is 277 g/mol. The van der Waals surface area contributed by atoms with Crippen LogP contribution in [0.5, 0.6) is 0 Å². The number of aromatic nitrogens is 2. The van der Waals surface area contributed by atoms with Gasteiger partial charge in [-0.1, -0.05) is 0 Å². The molecule has 0 radical (unpaired) electrons. The SMILES string of the molecule is O=C(C=Cc1cc(CO)cs1)NCCn1cccn1. The minimum absolute atomic E-state index is 0.0282. The molecule has 0 unspecified atom stereocenters. The summed E-state index contributed by atoms with van der Waals surface area (Å²) in [6.07, 6.45) is 6.80. The number of hydrogen-bond donors (Lipinski definition) is 2. The van der Waals surface area contributed by atoms with Crippen LogP contribution < -0.4 is 5.32 Å². The van der Waals surface area contributed by atoms with Crippen LogP contribution in [0.25, 0.3) is 6.08 Å². The zero-order valence-electron chi connectivity index (χ0n) is 10.3. The molecule has 2 aromatic heterocycles. The zero-order valence-corrected chi connectivity index (χ0v) is 11.1. The molecule has 0 aliphatic rings. The van der Waals surface area contributed by atoms with E-state index < -0.39 is 0 Å². The third kappa shape index (κ3) is 4.35. The quantitative estimate of drug-likeness (QED) is 0.781. The molecule has 1 amide bonds. The molecule has 2 rings (SSSR count). The fourth-order valence-corrected chi connectivity index (χ4v) is 2.30. The van der Waals surface area contributed by atoms with E-state index >= 15 is 0 Å². The van der Waals surface area contributed by atoms with Crippen molar-refractivity contribution in [3.8, 4) is 0 Å². The predicted molar refractivity (Wildman–Crippen MR) is 74.5 cm³/mol. The maximum atomic E-state index is 11.5. The molecule has 100 valence electrons. The van der Waals surface area contributed by atoms with Gasteiger partial charge < -0.3 is 10.4 Å². The number of carbonyl (C=O) groups excluding carboxylic acids is 1. The molecule has 0 aliphatic carbocycles. The van der Waals surface area contributed by atoms with Gasteiger partial charge in [-0.3, -0.25) is 9.48 Å². The minimum atomic E-state index is -0.133. The number of hydrogen-bond acceptors (Lipinski definition) is 4. The van der Waals surface area contributed by atoms with Crippen molar-refractivity contribution in [2.45, 2.75) is 13.2 Å². The first-order chi connectivity index (χ1) is 9.28. The Morgan fingerprint density at radius 1 is 1.58 bits per heavy atom. The number of aliphatic hydroxyl groups excluding tert-OH is 1. The van der Waals surface area contributed by atoms with Gasteiger partial charge in [0.25, 0.3) is 0 Å². The lowest BCUT2D eigenvalue weighted by Crippen LogP contribution is -2.25. The molecule has 2 aromatic rings. The van der Waals surface area contributed by atoms with Crippen molar-refractivity contribution in [3.05, 3.63) is 46.4 Å². The molecule has 6 heteroatoms. The van der Waals surface area contributed by atoms with Gasteiger partial charge in [0.05, 0.1) is 13.2 Å². The lowest BCUT2D eigenvalue weighted by Gasteiger charge is -2.02. The molecule has 0 atom stereocenters. The highest BCUT2D eigenvalue weighted by molar-refractivity contribution is 7.11. The first-order valence-corrected chi connectivity index (χ1v) is 6.77. The van der Waals surface area contributed by atoms with Crippen molar-refractivity contribution < 1.29 is 9.90 Å². The molecule has 0 fully saturated rings. The lowest BCUT2D eigenvalue weighted by molar-refractivity contribution is -0.116. The molecular formula is C13H15N3O2S. The summed E-state index contributed by atoms with van der Waals surface area (Å²) in [6.45, 7) is 1.22. The van der Waals surface area contributed by atoms with Crippen LogP contribution in [-0.2, 0) is 17.9 Å². The molecule has 0 saturated carbocycles. The second-order valence-electron chi connectivity index (χ2n) is 3.91. The van der Waals surface area contributed by atoms with E-state index in [0.717, 1.165) is 10.4 Å². The van der Waals surface area contributed by atoms with E-state index in [4.69, 9.17) is 5.11 Å². The third-order valence-corrected chi connectivity index (χ3v) is 3.40. The Morgan fingerprint density at radius 2 is 2.47 bits per heavy atom. The maximum Gasteiger partial charge on any atom is 0.244 e. The van der Waals surface area contributed by atoms with Crippen LogP contribution in [0.3, 0.4) is 0 Å². The molecule has 2 heterocycles. The summed E-state index contributed by atoms with van der Waals surface area (Å²) < 4.78 is 1.76. The van der Waals surface area contributed by atoms with Crippen molar-refractivity contribution in [2.75, 3.05) is 6.54 Å². The van der Waals surface area contributed by atoms with E-state index in [1.807, 2.05) is 23.7 Å². The Morgan fingerprint density at radius 3 is 3.16 bits per heavy atom. The topological polar surface area (TPSA) is 67.2 Å². The number of carbonyl (C=O) groups is 1. The lowest BCUT2D eigenvalue weighted by atomic mass is 10.3. The van der Waals surface area contributed by atoms with Crippen LogP contribution in [0.4, 0.5) is 0 Å². The van der Waals surface area contributed by atoms with E-state index in [0.29, 0.717) is 13.1 Å². The van der Waals surface area contributed by atoms with E-state index in [1.54, 1.807) is 17.0 Å². The second kappa shape index (κ2) is 6.86. The van der Waals surface area contributed by atoms with Crippen molar-refractivity contribution in [1.29, 1.82) is 0 Å². The Kier molecular flexibility index (Phi) is 4.88. The summed E-state index contributed by atoms with van der Waals surface area (Å²) in [6, 6.07) is 3.70. The minimum Gasteiger partial charge on any atom is -0.392 e. The second-order valence-corrected chi connectivity index (χ2v) is 4.85. The number of nitrogens with zero attached hydrogens (tertiary/aromatic N) is 2. The average molecular weight is 277 g/mol. The van der Waals surface area contributed by atoms with Crippen LogP contribution in [-0.4, -0.2) is 27.3 Å². The number of aliphatic hydroxyl groups is 1. The molecule has 5 nitrogen and oxygen atoms in total. The van der Waals surface area contributed by atoms with Gasteiger partial charge in [-0.15, -0.1) is 11.3 Å². The van der Waals surface area contributed by atoms with Gasteiger partial charge in [0.2, 0.25) is 5.91 Å². The van der Waals surface area contributed by atoms with Crippen LogP contribution in [0, 0.1) is 0 Å². The molecule has 0 aromatic carbocycles. The summed E-state index contributed by atoms with van der Waals surface area (Å²) in [5, 5.41) is 17.6. The molecule has 0 saturated heterocycles. The fourth-order valence-electron chi connectivity index (χ4n) is 1.51. The normalized spacial score (nSPS) is 11.0. The van der Waals surface area contributed by atoms with E-state index in [1.165, 1.54) is 17.4 Å². The zero-order chi connectivity index (χ0) is 13.5. The van der Waals surface area contributed by atoms with Crippen LogP contribution in [0.1, 0.15) is 10.4 Å². The summed E-state index contributed by atoms with van der Waals surface area (Å²) in [5.41, 5.74) is 0.865. The maximum absolute atomic E-state index is 11.5. The first-order valence-electron chi connectivity index (χ1n) is 5.89. The largest absolute Gasteiger partial charge is 0.392 e. The van der Waals surface area contributed by atoms with Crippen LogP contribution >= 0.6 is 11.3 Å². The molecule has 0 aliphatic heterocycles. The van der Waals surface area contributed by atoms with Crippen molar-refractivity contribution in [3.63, 3.8) is 0 Å². The van der Waals surface area contributed by atoms with Gasteiger partial charge in [-0.25, -0.2) is 0 Å². The average Bonchev–Trinajstić information content (AvgIpc) is 3.07. The van der Waals surface area contributed by atoms with Gasteiger partial charge in [0, 0.05) is 29.9 Å². The van der Waals surface area contributed by atoms with Crippen molar-refractivity contribution in [2.24, 2.45) is 0 Å². The predicted octanol–water partition coefficient (Wildman–Crippen LogP) is 1.27. The molecule has 0 spiro atoms. The van der Waals surface area contributed by atoms with Crippen LogP contribution in [0.2, 0.25) is 0 Å². The Labute approximate surface area is 115 Å². The van der Waals surface area contributed by atoms with E-state index in [2.05, 4.69) is 10.4 Å². The molecular weight excluding hydrogens is 262 g/mol. The molecule has 2 N–H and O–H groups in total. The summed E-state index contributed by atoms with van der Waals surface area (Å²) in [4.78, 5) is 12.5. The number of nitrogens with one attached hydrogen (secondary N) is 1. The smallest absolute Gasteiger partial charge is 0.244 e. The van der Waals surface area contributed by atoms with Gasteiger partial charge >= 0.3 is 0 Å². The number of amides is 1. The molecule has 19 heavy (non-hydrogen) atoms. The Hall–Kier alpha value is -1.92. The summed E-state index contributed by atoms with van der Waals surface area (Å²) >= 11 is 1.50. The van der Waals surface area contributed by atoms with Gasteiger partial charge in [0.15, 0.2) is 0 Å². The van der Waals surface area contributed by atoms with Crippen molar-refractivity contribution in [1.82, 2.24) is 15.1 Å². The fraction of sp³-hybridized carbons (Fsp3) is 0.231. The van der Waals surface area contributed by atoms with Gasteiger partial charge in [-0.2, -0.15) is 5.10 Å². The Balaban J connectivity index is 1.74. The highest BCUT2D eigenvalue weighted by Crippen LogP contribution is 2.15. The number of rotatable bonds is 6. The number of thiophene rings is 1. The highest BCUT2D eigenvalue weighted by atomic mass is 32.1. The molecule has 0 bridgehead atoms. The standard InChI is InChI=1S/C13H15N3O2S/c17-9-11-8-12(19-10-11)2-3-13(18)14-5-7-16-6-1-4-15-16/h1-4,6,8,10,17H,5,7,9H2,(H,14,18). The van der Waals surface area contributed by atoms with Gasteiger partial charge in [0.1, 0.15) is 0 Å². The van der Waals surface area contributed by atoms with Crippen LogP contribution in [0.15, 0.2) is 36.0 Å². The summed E-state index contributed by atoms with van der Waals surface area (Å²) in [5.74, 6) is -0.133. The van der Waals surface area contributed by atoms with Crippen molar-refractivity contribution >= 4 is 23.3 Å². The Bertz CT molecular complexity index is 546. The third-order valence-electron chi connectivity index (χ3n) is 2.45. The first kappa shape index (κ1) is 13.5. The van der Waals surface area contributed by atoms with E-state index in [9.17, 15) is 4.79 Å².